The van der Waals surface area contributed by atoms with Crippen molar-refractivity contribution in [2.45, 2.75) is 32.6 Å². The molecule has 1 aliphatic rings. The van der Waals surface area contributed by atoms with E-state index in [-0.39, 0.29) is 11.9 Å². The van der Waals surface area contributed by atoms with Gasteiger partial charge in [-0.25, -0.2) is 9.80 Å². The van der Waals surface area contributed by atoms with Crippen LogP contribution < -0.4 is 10.2 Å². The van der Waals surface area contributed by atoms with Gasteiger partial charge in [-0.05, 0) is 43.5 Å². The van der Waals surface area contributed by atoms with Crippen molar-refractivity contribution in [3.05, 3.63) is 96.1 Å². The van der Waals surface area contributed by atoms with Gasteiger partial charge in [-0.15, -0.1) is 0 Å². The lowest BCUT2D eigenvalue weighted by Gasteiger charge is -2.27. The number of carbonyl (C=O) groups is 2. The normalized spacial score (nSPS) is 13.3. The molecule has 3 aromatic rings. The standard InChI is InChI=1S/C28H30N4O2/c1-2-20-32(30-27(22-11-5-3-6-12-22)23-13-7-4-8-14-23)28(34)29-24-16-18-25(19-17-24)31-21-10-9-15-26(31)33/h3-8,11-14,16-19H,2,9-10,15,20-21H2,1H3,(H,29,34). The summed E-state index contributed by atoms with van der Waals surface area (Å²) in [6, 6.07) is 26.9. The minimum atomic E-state index is -0.298. The molecule has 0 bridgehead atoms. The molecule has 1 fully saturated rings. The van der Waals surface area contributed by atoms with Crippen LogP contribution in [0.2, 0.25) is 0 Å². The third kappa shape index (κ3) is 5.70. The first kappa shape index (κ1) is 23.2. The fourth-order valence-corrected chi connectivity index (χ4v) is 4.00. The molecule has 1 N–H and O–H groups in total. The Labute approximate surface area is 200 Å². The van der Waals surface area contributed by atoms with Gasteiger partial charge in [-0.3, -0.25) is 4.79 Å². The highest BCUT2D eigenvalue weighted by molar-refractivity contribution is 6.13. The summed E-state index contributed by atoms with van der Waals surface area (Å²) in [5.41, 5.74) is 4.15. The lowest BCUT2D eigenvalue weighted by molar-refractivity contribution is -0.119. The lowest BCUT2D eigenvalue weighted by atomic mass is 10.0. The molecule has 3 amide bonds. The first-order valence-corrected chi connectivity index (χ1v) is 11.8. The quantitative estimate of drug-likeness (QED) is 0.357. The van der Waals surface area contributed by atoms with Crippen LogP contribution in [-0.4, -0.2) is 35.7 Å². The van der Waals surface area contributed by atoms with Crippen LogP contribution in [0.1, 0.15) is 43.7 Å². The molecule has 0 spiro atoms. The molecule has 0 saturated carbocycles. The summed E-state index contributed by atoms with van der Waals surface area (Å²) in [7, 11) is 0. The third-order valence-electron chi connectivity index (χ3n) is 5.74. The number of nitrogens with one attached hydrogen (secondary N) is 1. The third-order valence-corrected chi connectivity index (χ3v) is 5.74. The van der Waals surface area contributed by atoms with Gasteiger partial charge in [0.05, 0.1) is 5.71 Å². The van der Waals surface area contributed by atoms with E-state index in [0.717, 1.165) is 48.3 Å². The maximum atomic E-state index is 13.2. The van der Waals surface area contributed by atoms with Crippen LogP contribution in [0.4, 0.5) is 16.2 Å². The zero-order valence-corrected chi connectivity index (χ0v) is 19.5. The van der Waals surface area contributed by atoms with Crippen molar-refractivity contribution < 1.29 is 9.59 Å². The first-order valence-electron chi connectivity index (χ1n) is 11.8. The molecule has 1 heterocycles. The van der Waals surface area contributed by atoms with E-state index < -0.39 is 0 Å². The molecule has 4 rings (SSSR count). The maximum absolute atomic E-state index is 13.2. The van der Waals surface area contributed by atoms with Gasteiger partial charge in [0, 0.05) is 42.0 Å². The average Bonchev–Trinajstić information content (AvgIpc) is 2.88. The average molecular weight is 455 g/mol. The van der Waals surface area contributed by atoms with Crippen LogP contribution in [0.5, 0.6) is 0 Å². The molecule has 34 heavy (non-hydrogen) atoms. The second-order valence-electron chi connectivity index (χ2n) is 8.28. The van der Waals surface area contributed by atoms with Gasteiger partial charge in [-0.2, -0.15) is 5.10 Å². The number of urea groups is 1. The maximum Gasteiger partial charge on any atom is 0.342 e. The van der Waals surface area contributed by atoms with E-state index in [1.54, 1.807) is 0 Å². The zero-order valence-electron chi connectivity index (χ0n) is 19.5. The van der Waals surface area contributed by atoms with Gasteiger partial charge in [0.25, 0.3) is 0 Å². The molecule has 0 radical (unpaired) electrons. The smallest absolute Gasteiger partial charge is 0.312 e. The summed E-state index contributed by atoms with van der Waals surface area (Å²) >= 11 is 0. The van der Waals surface area contributed by atoms with Crippen molar-refractivity contribution in [1.82, 2.24) is 5.01 Å². The fourth-order valence-electron chi connectivity index (χ4n) is 4.00. The van der Waals surface area contributed by atoms with Crippen LogP contribution in [0, 0.1) is 0 Å². The van der Waals surface area contributed by atoms with Gasteiger partial charge in [-0.1, -0.05) is 67.6 Å². The van der Waals surface area contributed by atoms with E-state index in [9.17, 15) is 9.59 Å². The highest BCUT2D eigenvalue weighted by atomic mass is 16.2. The molecule has 6 nitrogen and oxygen atoms in total. The number of anilines is 2. The second-order valence-corrected chi connectivity index (χ2v) is 8.28. The summed E-state index contributed by atoms with van der Waals surface area (Å²) in [6.07, 6.45) is 3.32. The molecular formula is C28H30N4O2. The predicted octanol–water partition coefficient (Wildman–Crippen LogP) is 5.90. The number of amides is 3. The van der Waals surface area contributed by atoms with Crippen LogP contribution in [0.3, 0.4) is 0 Å². The monoisotopic (exact) mass is 454 g/mol. The van der Waals surface area contributed by atoms with Crippen molar-refractivity contribution in [1.29, 1.82) is 0 Å². The Kier molecular flexibility index (Phi) is 7.71. The first-order chi connectivity index (χ1) is 16.7. The fraction of sp³-hybridized carbons (Fsp3) is 0.250. The van der Waals surface area contributed by atoms with Crippen molar-refractivity contribution in [3.8, 4) is 0 Å². The zero-order chi connectivity index (χ0) is 23.8. The summed E-state index contributed by atoms with van der Waals surface area (Å²) in [4.78, 5) is 27.2. The molecule has 1 aliphatic heterocycles. The Balaban J connectivity index is 1.55. The second kappa shape index (κ2) is 11.3. The number of nitrogens with zero attached hydrogens (tertiary/aromatic N) is 3. The van der Waals surface area contributed by atoms with E-state index in [2.05, 4.69) is 5.32 Å². The predicted molar refractivity (Wildman–Crippen MR) is 137 cm³/mol. The Morgan fingerprint density at radius 3 is 2.09 bits per heavy atom. The van der Waals surface area contributed by atoms with Gasteiger partial charge < -0.3 is 10.2 Å². The minimum absolute atomic E-state index is 0.154. The van der Waals surface area contributed by atoms with Crippen LogP contribution in [0.15, 0.2) is 90.0 Å². The van der Waals surface area contributed by atoms with Crippen molar-refractivity contribution in [2.75, 3.05) is 23.3 Å². The van der Waals surface area contributed by atoms with Gasteiger partial charge in [0.15, 0.2) is 0 Å². The number of carbonyl (C=O) groups excluding carboxylic acids is 2. The Morgan fingerprint density at radius 2 is 1.53 bits per heavy atom. The number of hydrogen-bond acceptors (Lipinski definition) is 3. The Hall–Kier alpha value is -3.93. The van der Waals surface area contributed by atoms with Gasteiger partial charge in [0.1, 0.15) is 0 Å². The highest BCUT2D eigenvalue weighted by Gasteiger charge is 2.20. The number of hydrazone groups is 1. The molecule has 3 aromatic carbocycles. The largest absolute Gasteiger partial charge is 0.342 e. The van der Waals surface area contributed by atoms with E-state index in [1.807, 2.05) is 96.8 Å². The van der Waals surface area contributed by atoms with Gasteiger partial charge >= 0.3 is 6.03 Å². The Morgan fingerprint density at radius 1 is 0.912 bits per heavy atom. The van der Waals surface area contributed by atoms with E-state index in [0.29, 0.717) is 18.7 Å². The minimum Gasteiger partial charge on any atom is -0.312 e. The molecule has 0 aromatic heterocycles. The Bertz CT molecular complexity index is 1090. The number of hydrogen-bond donors (Lipinski definition) is 1. The summed E-state index contributed by atoms with van der Waals surface area (Å²) < 4.78 is 0. The van der Waals surface area contributed by atoms with Crippen LogP contribution in [0.25, 0.3) is 0 Å². The molecule has 174 valence electrons. The molecular weight excluding hydrogens is 424 g/mol. The van der Waals surface area contributed by atoms with Crippen molar-refractivity contribution in [2.24, 2.45) is 5.10 Å². The topological polar surface area (TPSA) is 65.0 Å². The summed E-state index contributed by atoms with van der Waals surface area (Å²) in [5, 5.41) is 9.22. The lowest BCUT2D eigenvalue weighted by Crippen LogP contribution is -2.35. The van der Waals surface area contributed by atoms with E-state index >= 15 is 0 Å². The molecule has 0 unspecified atom stereocenters. The molecule has 6 heteroatoms. The molecule has 0 atom stereocenters. The van der Waals surface area contributed by atoms with E-state index in [4.69, 9.17) is 5.10 Å². The number of rotatable bonds is 7. The van der Waals surface area contributed by atoms with Crippen LogP contribution in [-0.2, 0) is 4.79 Å². The van der Waals surface area contributed by atoms with Crippen molar-refractivity contribution >= 4 is 29.0 Å². The number of piperidine rings is 1. The summed E-state index contributed by atoms with van der Waals surface area (Å²) in [6.45, 7) is 3.24. The van der Waals surface area contributed by atoms with Crippen LogP contribution >= 0.6 is 0 Å². The van der Waals surface area contributed by atoms with Crippen molar-refractivity contribution in [3.63, 3.8) is 0 Å². The SMILES string of the molecule is CCCN(N=C(c1ccccc1)c1ccccc1)C(=O)Nc1ccc(N2CCCCC2=O)cc1. The van der Waals surface area contributed by atoms with E-state index in [1.165, 1.54) is 5.01 Å². The molecule has 0 aliphatic carbocycles. The molecule has 1 saturated heterocycles. The highest BCUT2D eigenvalue weighted by Crippen LogP contribution is 2.23. The summed E-state index contributed by atoms with van der Waals surface area (Å²) in [5.74, 6) is 0.154. The van der Waals surface area contributed by atoms with Gasteiger partial charge in [0.2, 0.25) is 5.91 Å². The number of benzene rings is 3.